The molecule has 0 aliphatic heterocycles. The summed E-state index contributed by atoms with van der Waals surface area (Å²) in [5, 5.41) is 0. The Morgan fingerprint density at radius 2 is 1.95 bits per heavy atom. The number of fused-ring (bicyclic) bond motifs is 1. The van der Waals surface area contributed by atoms with Crippen molar-refractivity contribution in [2.24, 2.45) is 0 Å². The van der Waals surface area contributed by atoms with Crippen molar-refractivity contribution >= 4 is 21.6 Å². The maximum absolute atomic E-state index is 13.7. The Hall–Kier alpha value is -1.69. The van der Waals surface area contributed by atoms with Crippen LogP contribution in [0.25, 0.3) is 0 Å². The fourth-order valence-corrected chi connectivity index (χ4v) is 2.85. The highest BCUT2D eigenvalue weighted by Gasteiger charge is 2.17. The second kappa shape index (κ2) is 5.97. The van der Waals surface area contributed by atoms with Gasteiger partial charge in [-0.15, -0.1) is 0 Å². The zero-order valence-corrected chi connectivity index (χ0v) is 13.0. The van der Waals surface area contributed by atoms with E-state index in [1.165, 1.54) is 24.9 Å². The van der Waals surface area contributed by atoms with E-state index in [-0.39, 0.29) is 5.75 Å². The van der Waals surface area contributed by atoms with Crippen LogP contribution in [0.2, 0.25) is 0 Å². The number of ether oxygens (including phenoxy) is 1. The third kappa shape index (κ3) is 3.00. The summed E-state index contributed by atoms with van der Waals surface area (Å²) in [4.78, 5) is 8.53. The molecule has 0 bridgehead atoms. The third-order valence-corrected chi connectivity index (χ3v) is 4.20. The maximum Gasteiger partial charge on any atom is 0.225 e. The number of anilines is 1. The standard InChI is InChI=1S/C15H15BrFN3O/c16-10-6-12(18)14(7-11(10)17)21-15-9-4-2-1-3-5-13(9)19-8-20-15/h6-8H,1-5,18H2. The molecule has 1 aromatic carbocycles. The Labute approximate surface area is 130 Å². The van der Waals surface area contributed by atoms with Crippen molar-refractivity contribution in [3.63, 3.8) is 0 Å². The number of benzene rings is 1. The Morgan fingerprint density at radius 3 is 2.81 bits per heavy atom. The molecule has 0 amide bonds. The molecular weight excluding hydrogens is 337 g/mol. The van der Waals surface area contributed by atoms with E-state index in [4.69, 9.17) is 10.5 Å². The fourth-order valence-electron chi connectivity index (χ4n) is 2.49. The number of rotatable bonds is 2. The zero-order valence-electron chi connectivity index (χ0n) is 11.4. The number of halogens is 2. The molecule has 0 spiro atoms. The minimum Gasteiger partial charge on any atom is -0.436 e. The van der Waals surface area contributed by atoms with E-state index in [2.05, 4.69) is 25.9 Å². The van der Waals surface area contributed by atoms with Crippen molar-refractivity contribution in [1.29, 1.82) is 0 Å². The van der Waals surface area contributed by atoms with Crippen LogP contribution in [-0.4, -0.2) is 9.97 Å². The SMILES string of the molecule is Nc1cc(Br)c(F)cc1Oc1ncnc2c1CCCCC2. The summed E-state index contributed by atoms with van der Waals surface area (Å²) in [6.45, 7) is 0. The van der Waals surface area contributed by atoms with Gasteiger partial charge in [0, 0.05) is 11.6 Å². The lowest BCUT2D eigenvalue weighted by Gasteiger charge is -2.13. The van der Waals surface area contributed by atoms with Crippen LogP contribution in [0.1, 0.15) is 30.5 Å². The molecule has 0 radical (unpaired) electrons. The number of nitrogens with two attached hydrogens (primary N) is 1. The third-order valence-electron chi connectivity index (χ3n) is 3.59. The van der Waals surface area contributed by atoms with E-state index >= 15 is 0 Å². The van der Waals surface area contributed by atoms with Crippen LogP contribution in [0.15, 0.2) is 22.9 Å². The molecule has 1 aliphatic rings. The van der Waals surface area contributed by atoms with Gasteiger partial charge in [-0.3, -0.25) is 0 Å². The molecule has 1 heterocycles. The molecule has 2 aromatic rings. The highest BCUT2D eigenvalue weighted by atomic mass is 79.9. The quantitative estimate of drug-likeness (QED) is 0.655. The molecule has 21 heavy (non-hydrogen) atoms. The van der Waals surface area contributed by atoms with Crippen molar-refractivity contribution in [1.82, 2.24) is 9.97 Å². The highest BCUT2D eigenvalue weighted by molar-refractivity contribution is 9.10. The molecule has 6 heteroatoms. The zero-order chi connectivity index (χ0) is 14.8. The summed E-state index contributed by atoms with van der Waals surface area (Å²) in [6, 6.07) is 2.76. The van der Waals surface area contributed by atoms with Gasteiger partial charge in [0.15, 0.2) is 5.75 Å². The van der Waals surface area contributed by atoms with Gasteiger partial charge >= 0.3 is 0 Å². The number of nitrogens with zero attached hydrogens (tertiary/aromatic N) is 2. The van der Waals surface area contributed by atoms with E-state index in [0.29, 0.717) is 16.0 Å². The van der Waals surface area contributed by atoms with Gasteiger partial charge in [0.25, 0.3) is 0 Å². The van der Waals surface area contributed by atoms with Gasteiger partial charge in [-0.05, 0) is 47.7 Å². The minimum absolute atomic E-state index is 0.279. The summed E-state index contributed by atoms with van der Waals surface area (Å²) in [6.07, 6.45) is 6.68. The van der Waals surface area contributed by atoms with Crippen LogP contribution < -0.4 is 10.5 Å². The molecule has 0 fully saturated rings. The van der Waals surface area contributed by atoms with Crippen molar-refractivity contribution in [2.45, 2.75) is 32.1 Å². The predicted octanol–water partition coefficient (Wildman–Crippen LogP) is 4.02. The monoisotopic (exact) mass is 351 g/mol. The molecule has 3 rings (SSSR count). The number of hydrogen-bond acceptors (Lipinski definition) is 4. The first-order valence-corrected chi connectivity index (χ1v) is 7.69. The van der Waals surface area contributed by atoms with Crippen molar-refractivity contribution in [3.8, 4) is 11.6 Å². The topological polar surface area (TPSA) is 61.0 Å². The van der Waals surface area contributed by atoms with E-state index < -0.39 is 5.82 Å². The molecule has 0 saturated heterocycles. The lowest BCUT2D eigenvalue weighted by Crippen LogP contribution is -2.03. The highest BCUT2D eigenvalue weighted by Crippen LogP contribution is 2.34. The molecule has 110 valence electrons. The maximum atomic E-state index is 13.7. The van der Waals surface area contributed by atoms with Gasteiger partial charge in [-0.25, -0.2) is 14.4 Å². The lowest BCUT2D eigenvalue weighted by atomic mass is 10.1. The van der Waals surface area contributed by atoms with Gasteiger partial charge in [-0.2, -0.15) is 0 Å². The molecule has 4 nitrogen and oxygen atoms in total. The van der Waals surface area contributed by atoms with Crippen molar-refractivity contribution in [2.75, 3.05) is 5.73 Å². The van der Waals surface area contributed by atoms with Gasteiger partial charge in [0.05, 0.1) is 15.9 Å². The number of aromatic nitrogens is 2. The Balaban J connectivity index is 1.97. The number of hydrogen-bond donors (Lipinski definition) is 1. The molecule has 0 unspecified atom stereocenters. The van der Waals surface area contributed by atoms with Gasteiger partial charge < -0.3 is 10.5 Å². The second-order valence-corrected chi connectivity index (χ2v) is 5.93. The molecular formula is C15H15BrFN3O. The van der Waals surface area contributed by atoms with Crippen LogP contribution in [0, 0.1) is 5.82 Å². The first-order chi connectivity index (χ1) is 10.1. The van der Waals surface area contributed by atoms with Gasteiger partial charge in [-0.1, -0.05) is 6.42 Å². The number of aryl methyl sites for hydroxylation is 1. The van der Waals surface area contributed by atoms with Gasteiger partial charge in [0.2, 0.25) is 5.88 Å². The van der Waals surface area contributed by atoms with E-state index in [1.54, 1.807) is 0 Å². The first-order valence-electron chi connectivity index (χ1n) is 6.90. The van der Waals surface area contributed by atoms with E-state index in [0.717, 1.165) is 36.9 Å². The first kappa shape index (κ1) is 14.3. The average molecular weight is 352 g/mol. The molecule has 0 saturated carbocycles. The molecule has 1 aromatic heterocycles. The Morgan fingerprint density at radius 1 is 1.14 bits per heavy atom. The van der Waals surface area contributed by atoms with Crippen LogP contribution >= 0.6 is 15.9 Å². The Kier molecular flexibility index (Phi) is 4.05. The normalized spacial score (nSPS) is 14.4. The average Bonchev–Trinajstić information content (AvgIpc) is 2.71. The molecule has 1 aliphatic carbocycles. The van der Waals surface area contributed by atoms with Crippen LogP contribution in [0.3, 0.4) is 0 Å². The van der Waals surface area contributed by atoms with E-state index in [1.807, 2.05) is 0 Å². The second-order valence-electron chi connectivity index (χ2n) is 5.07. The fraction of sp³-hybridized carbons (Fsp3) is 0.333. The van der Waals surface area contributed by atoms with Crippen LogP contribution in [0.4, 0.5) is 10.1 Å². The smallest absolute Gasteiger partial charge is 0.225 e. The molecule has 2 N–H and O–H groups in total. The van der Waals surface area contributed by atoms with Crippen molar-refractivity contribution in [3.05, 3.63) is 40.0 Å². The summed E-state index contributed by atoms with van der Waals surface area (Å²) in [5.41, 5.74) is 8.28. The number of nitrogen functional groups attached to an aromatic ring is 1. The van der Waals surface area contributed by atoms with Crippen LogP contribution in [-0.2, 0) is 12.8 Å². The van der Waals surface area contributed by atoms with Crippen molar-refractivity contribution < 1.29 is 9.13 Å². The molecule has 0 atom stereocenters. The van der Waals surface area contributed by atoms with Crippen LogP contribution in [0.5, 0.6) is 11.6 Å². The summed E-state index contributed by atoms with van der Waals surface area (Å²) in [7, 11) is 0. The summed E-state index contributed by atoms with van der Waals surface area (Å²) in [5.74, 6) is 0.343. The summed E-state index contributed by atoms with van der Waals surface area (Å²) < 4.78 is 19.7. The summed E-state index contributed by atoms with van der Waals surface area (Å²) >= 11 is 3.10. The largest absolute Gasteiger partial charge is 0.436 e. The Bertz CT molecular complexity index is 678. The van der Waals surface area contributed by atoms with Gasteiger partial charge in [0.1, 0.15) is 12.1 Å². The minimum atomic E-state index is -0.417. The van der Waals surface area contributed by atoms with E-state index in [9.17, 15) is 4.39 Å². The predicted molar refractivity (Wildman–Crippen MR) is 81.9 cm³/mol. The lowest BCUT2D eigenvalue weighted by molar-refractivity contribution is 0.450.